The quantitative estimate of drug-likeness (QED) is 0.611. The molecule has 0 fully saturated rings. The Balaban J connectivity index is 1.92. The van der Waals surface area contributed by atoms with Crippen molar-refractivity contribution in [3.63, 3.8) is 0 Å². The van der Waals surface area contributed by atoms with Crippen LogP contribution in [0.5, 0.6) is 0 Å². The number of rotatable bonds is 4. The number of furan rings is 1. The first-order valence-corrected chi connectivity index (χ1v) is 6.30. The molecule has 2 rings (SSSR count). The Labute approximate surface area is 91.9 Å². The third-order valence-electron chi connectivity index (χ3n) is 2.25. The van der Waals surface area contributed by atoms with Gasteiger partial charge in [-0.15, -0.1) is 0 Å². The van der Waals surface area contributed by atoms with Crippen molar-refractivity contribution < 1.29 is 26.9 Å². The van der Waals surface area contributed by atoms with Crippen LogP contribution in [0.1, 0.15) is 21.9 Å². The Morgan fingerprint density at radius 3 is 2.75 bits per heavy atom. The van der Waals surface area contributed by atoms with E-state index in [1.54, 1.807) is 6.07 Å². The second-order valence-corrected chi connectivity index (χ2v) is 5.04. The van der Waals surface area contributed by atoms with Crippen molar-refractivity contribution in [2.75, 3.05) is 12.4 Å². The second-order valence-electron chi connectivity index (χ2n) is 3.47. The number of ether oxygens (including phenoxy) is 1. The van der Waals surface area contributed by atoms with Crippen LogP contribution >= 0.6 is 0 Å². The third-order valence-corrected chi connectivity index (χ3v) is 2.94. The Kier molecular flexibility index (Phi) is 2.73. The van der Waals surface area contributed by atoms with E-state index in [-0.39, 0.29) is 6.61 Å². The smallest absolute Gasteiger partial charge is 0.341 e. The molecule has 2 heterocycles. The highest BCUT2D eigenvalue weighted by Crippen LogP contribution is 2.25. The lowest BCUT2D eigenvalue weighted by Gasteiger charge is -2.03. The van der Waals surface area contributed by atoms with Crippen molar-refractivity contribution in [1.29, 1.82) is 0 Å². The maximum atomic E-state index is 11.4. The van der Waals surface area contributed by atoms with E-state index in [2.05, 4.69) is 0 Å². The standard InChI is InChI=1S/C9H10O6S/c10-9(14-3-4-16(11,12)13)7-5-6-1-2-8(7)15-6/h5H,1-4H2,(H,11,12,13). The molecule has 7 heteroatoms. The minimum atomic E-state index is -4.09. The summed E-state index contributed by atoms with van der Waals surface area (Å²) in [6, 6.07) is 1.59. The molecule has 0 aliphatic carbocycles. The first kappa shape index (κ1) is 11.2. The van der Waals surface area contributed by atoms with Crippen LogP contribution in [0.4, 0.5) is 0 Å². The summed E-state index contributed by atoms with van der Waals surface area (Å²) in [6.07, 6.45) is 1.46. The highest BCUT2D eigenvalue weighted by atomic mass is 32.2. The zero-order chi connectivity index (χ0) is 11.8. The monoisotopic (exact) mass is 246 g/mol. The zero-order valence-corrected chi connectivity index (χ0v) is 9.12. The highest BCUT2D eigenvalue weighted by molar-refractivity contribution is 7.85. The largest absolute Gasteiger partial charge is 0.465 e. The van der Waals surface area contributed by atoms with E-state index in [1.165, 1.54) is 0 Å². The zero-order valence-electron chi connectivity index (χ0n) is 8.30. The molecule has 0 saturated carbocycles. The molecule has 0 spiro atoms. The summed E-state index contributed by atoms with van der Waals surface area (Å²) >= 11 is 0. The lowest BCUT2D eigenvalue weighted by atomic mass is 10.1. The Morgan fingerprint density at radius 1 is 1.50 bits per heavy atom. The first-order chi connectivity index (χ1) is 7.46. The molecule has 88 valence electrons. The van der Waals surface area contributed by atoms with Gasteiger partial charge in [-0.3, -0.25) is 4.55 Å². The van der Waals surface area contributed by atoms with Crippen LogP contribution in [0.15, 0.2) is 10.5 Å². The lowest BCUT2D eigenvalue weighted by molar-refractivity contribution is 0.0525. The normalized spacial score (nSPS) is 14.1. The van der Waals surface area contributed by atoms with Gasteiger partial charge in [0.2, 0.25) is 0 Å². The molecule has 0 atom stereocenters. The third kappa shape index (κ3) is 2.42. The number of carbonyl (C=O) groups excluding carboxylic acids is 1. The van der Waals surface area contributed by atoms with Gasteiger partial charge in [0.1, 0.15) is 29.4 Å². The number of hydrogen-bond donors (Lipinski definition) is 1. The Bertz CT molecular complexity index is 512. The fraction of sp³-hybridized carbons (Fsp3) is 0.444. The van der Waals surface area contributed by atoms with Crippen molar-refractivity contribution in [2.45, 2.75) is 12.8 Å². The van der Waals surface area contributed by atoms with Gasteiger partial charge in [0.05, 0.1) is 0 Å². The predicted molar refractivity (Wildman–Crippen MR) is 52.8 cm³/mol. The molecule has 1 aromatic rings. The van der Waals surface area contributed by atoms with Crippen molar-refractivity contribution in [3.05, 3.63) is 23.2 Å². The maximum Gasteiger partial charge on any atom is 0.341 e. The van der Waals surface area contributed by atoms with Gasteiger partial charge in [0.25, 0.3) is 10.1 Å². The fourth-order valence-electron chi connectivity index (χ4n) is 1.52. The van der Waals surface area contributed by atoms with Crippen molar-refractivity contribution >= 4 is 16.1 Å². The van der Waals surface area contributed by atoms with E-state index in [0.717, 1.165) is 12.2 Å². The average Bonchev–Trinajstić information content (AvgIpc) is 2.76. The fourth-order valence-corrected chi connectivity index (χ4v) is 1.81. The van der Waals surface area contributed by atoms with Crippen molar-refractivity contribution in [2.24, 2.45) is 0 Å². The summed E-state index contributed by atoms with van der Waals surface area (Å²) in [6.45, 7) is -0.363. The van der Waals surface area contributed by atoms with Crippen molar-refractivity contribution in [3.8, 4) is 0 Å². The summed E-state index contributed by atoms with van der Waals surface area (Å²) < 4.78 is 39.1. The summed E-state index contributed by atoms with van der Waals surface area (Å²) in [5.74, 6) is 0.0932. The van der Waals surface area contributed by atoms with Gasteiger partial charge in [0.15, 0.2) is 0 Å². The second kappa shape index (κ2) is 3.91. The van der Waals surface area contributed by atoms with E-state index >= 15 is 0 Å². The van der Waals surface area contributed by atoms with Crippen LogP contribution in [-0.2, 0) is 27.7 Å². The van der Waals surface area contributed by atoms with Gasteiger partial charge in [-0.2, -0.15) is 8.42 Å². The molecule has 6 nitrogen and oxygen atoms in total. The Hall–Kier alpha value is -1.34. The number of carbonyl (C=O) groups is 1. The van der Waals surface area contributed by atoms with Crippen LogP contribution in [0.2, 0.25) is 0 Å². The molecule has 0 amide bonds. The minimum absolute atomic E-state index is 0.344. The summed E-state index contributed by atoms with van der Waals surface area (Å²) in [7, 11) is -4.09. The maximum absolute atomic E-state index is 11.4. The van der Waals surface area contributed by atoms with Crippen LogP contribution < -0.4 is 0 Å². The average molecular weight is 246 g/mol. The van der Waals surface area contributed by atoms with Gasteiger partial charge in [-0.1, -0.05) is 0 Å². The molecule has 1 aliphatic rings. The van der Waals surface area contributed by atoms with Gasteiger partial charge in [-0.25, -0.2) is 4.79 Å². The molecule has 1 aliphatic heterocycles. The highest BCUT2D eigenvalue weighted by Gasteiger charge is 2.24. The molecular formula is C9H10O6S. The SMILES string of the molecule is O=C(OCCS(=O)(=O)O)c1cc2oc1CC2. The topological polar surface area (TPSA) is 93.8 Å². The number of hydrogen-bond acceptors (Lipinski definition) is 5. The van der Waals surface area contributed by atoms with E-state index < -0.39 is 21.8 Å². The number of fused-ring (bicyclic) bond motifs is 2. The molecule has 0 aromatic carbocycles. The van der Waals surface area contributed by atoms with Crippen LogP contribution in [-0.4, -0.2) is 31.3 Å². The summed E-state index contributed by atoms with van der Waals surface area (Å²) in [5.41, 5.74) is 0.344. The van der Waals surface area contributed by atoms with Gasteiger partial charge < -0.3 is 9.15 Å². The van der Waals surface area contributed by atoms with Crippen LogP contribution in [0, 0.1) is 0 Å². The molecular weight excluding hydrogens is 236 g/mol. The predicted octanol–water partition coefficient (Wildman–Crippen LogP) is 0.423. The molecule has 0 unspecified atom stereocenters. The number of aryl methyl sites for hydroxylation is 2. The van der Waals surface area contributed by atoms with Gasteiger partial charge in [-0.05, 0) is 6.07 Å². The Morgan fingerprint density at radius 2 is 2.25 bits per heavy atom. The van der Waals surface area contributed by atoms with E-state index in [4.69, 9.17) is 13.7 Å². The molecule has 1 N–H and O–H groups in total. The summed E-state index contributed by atoms with van der Waals surface area (Å²) in [5, 5.41) is 0. The molecule has 16 heavy (non-hydrogen) atoms. The first-order valence-electron chi connectivity index (χ1n) is 4.69. The minimum Gasteiger partial charge on any atom is -0.465 e. The van der Waals surface area contributed by atoms with Gasteiger partial charge in [0, 0.05) is 12.8 Å². The van der Waals surface area contributed by atoms with Crippen LogP contribution in [0.3, 0.4) is 0 Å². The van der Waals surface area contributed by atoms with E-state index in [1.807, 2.05) is 0 Å². The summed E-state index contributed by atoms with van der Waals surface area (Å²) in [4.78, 5) is 11.4. The molecule has 0 radical (unpaired) electrons. The van der Waals surface area contributed by atoms with E-state index in [9.17, 15) is 13.2 Å². The number of esters is 1. The van der Waals surface area contributed by atoms with Gasteiger partial charge >= 0.3 is 5.97 Å². The molecule has 0 saturated heterocycles. The van der Waals surface area contributed by atoms with Crippen LogP contribution in [0.25, 0.3) is 0 Å². The van der Waals surface area contributed by atoms with E-state index in [0.29, 0.717) is 17.7 Å². The molecule has 1 aromatic heterocycles. The molecule has 2 bridgehead atoms. The lowest BCUT2D eigenvalue weighted by Crippen LogP contribution is -2.15. The van der Waals surface area contributed by atoms with Crippen molar-refractivity contribution in [1.82, 2.24) is 0 Å².